The van der Waals surface area contributed by atoms with Gasteiger partial charge in [-0.05, 0) is 43.4 Å². The molecule has 10 heteroatoms. The highest BCUT2D eigenvalue weighted by Gasteiger charge is 2.79. The van der Waals surface area contributed by atoms with Crippen molar-refractivity contribution in [2.45, 2.75) is 56.0 Å². The van der Waals surface area contributed by atoms with Crippen molar-refractivity contribution in [3.63, 3.8) is 0 Å². The Bertz CT molecular complexity index is 878. The van der Waals surface area contributed by atoms with Crippen molar-refractivity contribution in [2.75, 3.05) is 36.8 Å². The first kappa shape index (κ1) is 23.6. The summed E-state index contributed by atoms with van der Waals surface area (Å²) in [4.78, 5) is 16.6. The second-order valence-electron chi connectivity index (χ2n) is 9.09. The van der Waals surface area contributed by atoms with Gasteiger partial charge in [-0.1, -0.05) is 12.8 Å². The van der Waals surface area contributed by atoms with Gasteiger partial charge in [-0.25, -0.2) is 13.2 Å². The predicted octanol–water partition coefficient (Wildman–Crippen LogP) is 5.65. The summed E-state index contributed by atoms with van der Waals surface area (Å²) in [5, 5.41) is 0. The van der Waals surface area contributed by atoms with Crippen LogP contribution in [0.5, 0.6) is 0 Å². The van der Waals surface area contributed by atoms with Crippen LogP contribution in [0.1, 0.15) is 37.7 Å². The topological polar surface area (TPSA) is 23.6 Å². The Kier molecular flexibility index (Phi) is 6.13. The van der Waals surface area contributed by atoms with Crippen molar-refractivity contribution in [2.24, 2.45) is 11.3 Å². The van der Waals surface area contributed by atoms with E-state index in [-0.39, 0.29) is 37.8 Å². The quantitative estimate of drug-likeness (QED) is 0.402. The van der Waals surface area contributed by atoms with Crippen LogP contribution in [0.4, 0.5) is 32.0 Å². The van der Waals surface area contributed by atoms with E-state index < -0.39 is 41.4 Å². The Morgan fingerprint density at radius 3 is 2.25 bits per heavy atom. The van der Waals surface area contributed by atoms with E-state index in [0.29, 0.717) is 35.1 Å². The summed E-state index contributed by atoms with van der Waals surface area (Å²) in [5.41, 5.74) is -0.985. The molecule has 2 aliphatic carbocycles. The SMILES string of the molecule is Cc1cc(F)c(N2CCN(C(=O)C3(C4CCCC4)CC3(F)F)CC2)cc1SCC(F)(F)F. The van der Waals surface area contributed by atoms with Crippen molar-refractivity contribution in [1.82, 2.24) is 4.90 Å². The molecule has 2 saturated carbocycles. The molecule has 1 atom stereocenters. The van der Waals surface area contributed by atoms with E-state index in [0.717, 1.165) is 12.8 Å². The number of amides is 1. The molecule has 0 radical (unpaired) electrons. The van der Waals surface area contributed by atoms with Gasteiger partial charge in [0.2, 0.25) is 5.91 Å². The van der Waals surface area contributed by atoms with Crippen molar-refractivity contribution < 1.29 is 31.1 Å². The number of piperazine rings is 1. The molecule has 3 fully saturated rings. The molecular weight excluding hydrogens is 454 g/mol. The van der Waals surface area contributed by atoms with E-state index in [1.165, 1.54) is 17.0 Å². The molecule has 1 heterocycles. The maximum atomic E-state index is 14.6. The molecule has 0 bridgehead atoms. The molecule has 0 spiro atoms. The van der Waals surface area contributed by atoms with E-state index in [1.807, 2.05) is 0 Å². The highest BCUT2D eigenvalue weighted by Crippen LogP contribution is 2.68. The van der Waals surface area contributed by atoms with Crippen LogP contribution < -0.4 is 4.90 Å². The molecule has 0 aromatic heterocycles. The van der Waals surface area contributed by atoms with Gasteiger partial charge in [0.05, 0.1) is 11.4 Å². The average molecular weight is 481 g/mol. The minimum absolute atomic E-state index is 0.176. The molecule has 178 valence electrons. The van der Waals surface area contributed by atoms with Crippen molar-refractivity contribution in [1.29, 1.82) is 0 Å². The number of carbonyl (C=O) groups is 1. The van der Waals surface area contributed by atoms with Gasteiger partial charge < -0.3 is 9.80 Å². The number of hydrogen-bond donors (Lipinski definition) is 0. The van der Waals surface area contributed by atoms with Crippen LogP contribution in [0.3, 0.4) is 0 Å². The van der Waals surface area contributed by atoms with Gasteiger partial charge in [0.1, 0.15) is 11.2 Å². The second kappa shape index (κ2) is 8.33. The first-order chi connectivity index (χ1) is 14.9. The fourth-order valence-electron chi connectivity index (χ4n) is 5.21. The van der Waals surface area contributed by atoms with Crippen LogP contribution in [-0.4, -0.2) is 54.8 Å². The zero-order chi connectivity index (χ0) is 23.3. The summed E-state index contributed by atoms with van der Waals surface area (Å²) in [6, 6.07) is 2.62. The average Bonchev–Trinajstić information content (AvgIpc) is 3.06. The number of benzene rings is 1. The number of carbonyl (C=O) groups excluding carboxylic acids is 1. The van der Waals surface area contributed by atoms with Crippen LogP contribution in [-0.2, 0) is 4.79 Å². The molecule has 1 unspecified atom stereocenters. The molecule has 1 aliphatic heterocycles. The number of aryl methyl sites for hydroxylation is 1. The van der Waals surface area contributed by atoms with Crippen molar-refractivity contribution in [3.8, 4) is 0 Å². The summed E-state index contributed by atoms with van der Waals surface area (Å²) < 4.78 is 81.1. The second-order valence-corrected chi connectivity index (χ2v) is 10.1. The maximum Gasteiger partial charge on any atom is 0.398 e. The summed E-state index contributed by atoms with van der Waals surface area (Å²) in [5.74, 6) is -5.37. The molecule has 1 aromatic carbocycles. The van der Waals surface area contributed by atoms with Crippen molar-refractivity contribution in [3.05, 3.63) is 23.5 Å². The lowest BCUT2D eigenvalue weighted by molar-refractivity contribution is -0.144. The Balaban J connectivity index is 1.44. The fourth-order valence-corrected chi connectivity index (χ4v) is 6.01. The van der Waals surface area contributed by atoms with Gasteiger partial charge in [-0.2, -0.15) is 13.2 Å². The largest absolute Gasteiger partial charge is 0.398 e. The molecular formula is C22H26F6N2OS. The summed E-state index contributed by atoms with van der Waals surface area (Å²) in [6.45, 7) is 2.40. The lowest BCUT2D eigenvalue weighted by Crippen LogP contribution is -2.53. The van der Waals surface area contributed by atoms with Gasteiger partial charge in [-0.3, -0.25) is 4.79 Å². The highest BCUT2D eigenvalue weighted by molar-refractivity contribution is 7.99. The van der Waals surface area contributed by atoms with Crippen LogP contribution in [0.25, 0.3) is 0 Å². The minimum atomic E-state index is -4.34. The van der Waals surface area contributed by atoms with Crippen LogP contribution in [0.2, 0.25) is 0 Å². The molecule has 1 amide bonds. The maximum absolute atomic E-state index is 14.6. The number of rotatable bonds is 5. The zero-order valence-electron chi connectivity index (χ0n) is 17.8. The van der Waals surface area contributed by atoms with Gasteiger partial charge in [0.25, 0.3) is 5.92 Å². The van der Waals surface area contributed by atoms with E-state index in [2.05, 4.69) is 0 Å². The zero-order valence-corrected chi connectivity index (χ0v) is 18.6. The van der Waals surface area contributed by atoms with Gasteiger partial charge in [0.15, 0.2) is 0 Å². The highest BCUT2D eigenvalue weighted by atomic mass is 32.2. The molecule has 3 aliphatic rings. The van der Waals surface area contributed by atoms with E-state index in [9.17, 15) is 31.1 Å². The Hall–Kier alpha value is -1.58. The predicted molar refractivity (Wildman–Crippen MR) is 111 cm³/mol. The summed E-state index contributed by atoms with van der Waals surface area (Å²) in [7, 11) is 0. The lowest BCUT2D eigenvalue weighted by atomic mass is 9.85. The monoisotopic (exact) mass is 480 g/mol. The van der Waals surface area contributed by atoms with Gasteiger partial charge in [0, 0.05) is 37.5 Å². The first-order valence-electron chi connectivity index (χ1n) is 10.9. The van der Waals surface area contributed by atoms with E-state index in [1.54, 1.807) is 11.8 Å². The first-order valence-corrected chi connectivity index (χ1v) is 11.8. The number of halogens is 6. The molecule has 1 aromatic rings. The van der Waals surface area contributed by atoms with Crippen LogP contribution in [0.15, 0.2) is 17.0 Å². The van der Waals surface area contributed by atoms with Crippen LogP contribution >= 0.6 is 11.8 Å². The third-order valence-electron chi connectivity index (χ3n) is 7.01. The molecule has 4 rings (SSSR count). The molecule has 1 saturated heterocycles. The lowest BCUT2D eigenvalue weighted by Gasteiger charge is -2.39. The number of hydrogen-bond acceptors (Lipinski definition) is 3. The van der Waals surface area contributed by atoms with Gasteiger partial charge >= 0.3 is 6.18 Å². The Morgan fingerprint density at radius 1 is 1.12 bits per heavy atom. The number of anilines is 1. The third-order valence-corrected chi connectivity index (χ3v) is 8.23. The summed E-state index contributed by atoms with van der Waals surface area (Å²) >= 11 is 0.606. The number of alkyl halides is 5. The number of nitrogens with zero attached hydrogens (tertiary/aromatic N) is 2. The summed E-state index contributed by atoms with van der Waals surface area (Å²) in [6.07, 6.45) is -1.70. The smallest absolute Gasteiger partial charge is 0.366 e. The van der Waals surface area contributed by atoms with Gasteiger partial charge in [-0.15, -0.1) is 11.8 Å². The molecule has 32 heavy (non-hydrogen) atoms. The fraction of sp³-hybridized carbons (Fsp3) is 0.682. The van der Waals surface area contributed by atoms with Crippen molar-refractivity contribution >= 4 is 23.4 Å². The molecule has 0 N–H and O–H groups in total. The van der Waals surface area contributed by atoms with Crippen LogP contribution in [0, 0.1) is 24.1 Å². The van der Waals surface area contributed by atoms with E-state index in [4.69, 9.17) is 0 Å². The molecule has 3 nitrogen and oxygen atoms in total. The normalized spacial score (nSPS) is 26.0. The number of thioether (sulfide) groups is 1. The standard InChI is InChI=1S/C22H26F6N2OS/c1-14-10-16(23)17(11-18(14)32-13-22(26,27)28)29-6-8-30(9-7-29)19(31)20(12-21(20,24)25)15-4-2-3-5-15/h10-11,15H,2-9,12-13H2,1H3. The Morgan fingerprint density at radius 2 is 1.72 bits per heavy atom. The van der Waals surface area contributed by atoms with E-state index >= 15 is 0 Å². The minimum Gasteiger partial charge on any atom is -0.366 e. The third kappa shape index (κ3) is 4.31. The Labute approximate surface area is 187 Å².